The first kappa shape index (κ1) is 23.6. The summed E-state index contributed by atoms with van der Waals surface area (Å²) in [6.45, 7) is 2.50. The number of methoxy groups -OCH3 is 1. The van der Waals surface area contributed by atoms with E-state index in [2.05, 4.69) is 15.6 Å². The zero-order chi connectivity index (χ0) is 24.9. The Hall–Kier alpha value is -4.51. The van der Waals surface area contributed by atoms with Gasteiger partial charge in [0.25, 0.3) is 5.91 Å². The van der Waals surface area contributed by atoms with Crippen LogP contribution in [0.4, 0.5) is 11.4 Å². The summed E-state index contributed by atoms with van der Waals surface area (Å²) in [5.74, 6) is 0.669. The van der Waals surface area contributed by atoms with Crippen LogP contribution < -0.4 is 20.1 Å². The number of nitrogens with zero attached hydrogens (tertiary/aromatic N) is 2. The number of carbonyl (C=O) groups is 1. The van der Waals surface area contributed by atoms with Crippen molar-refractivity contribution in [2.75, 3.05) is 19.0 Å². The van der Waals surface area contributed by atoms with Gasteiger partial charge in [0, 0.05) is 22.9 Å². The van der Waals surface area contributed by atoms with Gasteiger partial charge in [-0.3, -0.25) is 20.2 Å². The Kier molecular flexibility index (Phi) is 6.88. The van der Waals surface area contributed by atoms with Gasteiger partial charge in [0.1, 0.15) is 11.3 Å². The van der Waals surface area contributed by atoms with Crippen molar-refractivity contribution in [2.45, 2.75) is 6.92 Å². The molecule has 0 saturated heterocycles. The Morgan fingerprint density at radius 2 is 1.91 bits per heavy atom. The molecule has 0 spiro atoms. The van der Waals surface area contributed by atoms with Gasteiger partial charge >= 0.3 is 5.69 Å². The number of ether oxygens (including phenoxy) is 2. The lowest BCUT2D eigenvalue weighted by Crippen LogP contribution is -2.34. The fourth-order valence-electron chi connectivity index (χ4n) is 3.30. The highest BCUT2D eigenvalue weighted by atomic mass is 32.1. The van der Waals surface area contributed by atoms with Crippen LogP contribution in [0, 0.1) is 10.1 Å². The Bertz CT molecular complexity index is 1420. The minimum Gasteiger partial charge on any atom is -0.494 e. The first-order valence-corrected chi connectivity index (χ1v) is 10.9. The summed E-state index contributed by atoms with van der Waals surface area (Å²) < 4.78 is 16.2. The third-order valence-corrected chi connectivity index (χ3v) is 5.13. The molecule has 3 aromatic carbocycles. The molecule has 1 aromatic heterocycles. The predicted octanol–water partition coefficient (Wildman–Crippen LogP) is 4.94. The van der Waals surface area contributed by atoms with E-state index in [9.17, 15) is 14.9 Å². The second kappa shape index (κ2) is 10.2. The number of benzene rings is 3. The summed E-state index contributed by atoms with van der Waals surface area (Å²) in [6, 6.07) is 16.5. The highest BCUT2D eigenvalue weighted by molar-refractivity contribution is 7.80. The van der Waals surface area contributed by atoms with E-state index in [4.69, 9.17) is 26.1 Å². The molecule has 0 bridgehead atoms. The SMILES string of the molecule is CCOc1ccc(-c2nc3cc(NC(=S)NC(=O)c4ccc(OC)c([N+](=O)[O-])c4)ccc3o2)cc1. The van der Waals surface area contributed by atoms with Crippen molar-refractivity contribution in [1.82, 2.24) is 10.3 Å². The Labute approximate surface area is 205 Å². The van der Waals surface area contributed by atoms with Crippen LogP contribution in [0.2, 0.25) is 0 Å². The minimum absolute atomic E-state index is 0.0167. The molecule has 4 aromatic rings. The summed E-state index contributed by atoms with van der Waals surface area (Å²) in [7, 11) is 1.31. The molecule has 0 atom stereocenters. The Balaban J connectivity index is 1.45. The molecule has 0 saturated carbocycles. The Morgan fingerprint density at radius 3 is 2.60 bits per heavy atom. The van der Waals surface area contributed by atoms with E-state index >= 15 is 0 Å². The number of thiocarbonyl (C=S) groups is 1. The summed E-state index contributed by atoms with van der Waals surface area (Å²) in [4.78, 5) is 27.6. The molecule has 11 heteroatoms. The van der Waals surface area contributed by atoms with Crippen LogP contribution in [0.25, 0.3) is 22.6 Å². The van der Waals surface area contributed by atoms with Gasteiger partial charge in [0.05, 0.1) is 18.6 Å². The van der Waals surface area contributed by atoms with Crippen LogP contribution in [0.3, 0.4) is 0 Å². The molecule has 1 heterocycles. The quantitative estimate of drug-likeness (QED) is 0.209. The monoisotopic (exact) mass is 492 g/mol. The highest BCUT2D eigenvalue weighted by Crippen LogP contribution is 2.29. The predicted molar refractivity (Wildman–Crippen MR) is 134 cm³/mol. The van der Waals surface area contributed by atoms with Gasteiger partial charge in [0.15, 0.2) is 16.4 Å². The maximum Gasteiger partial charge on any atom is 0.311 e. The summed E-state index contributed by atoms with van der Waals surface area (Å²) >= 11 is 5.23. The van der Waals surface area contributed by atoms with Crippen LogP contribution in [0.5, 0.6) is 11.5 Å². The molecule has 1 amide bonds. The maximum atomic E-state index is 12.5. The molecule has 0 aliphatic rings. The number of oxazole rings is 1. The standard InChI is InChI=1S/C24H20N4O6S/c1-3-33-17-8-4-14(5-9-17)23-26-18-13-16(7-11-20(18)34-23)25-24(35)27-22(29)15-6-10-21(32-2)19(12-15)28(30)31/h4-13H,3H2,1-2H3,(H2,25,27,29,35). The molecule has 0 aliphatic heterocycles. The zero-order valence-corrected chi connectivity index (χ0v) is 19.5. The van der Waals surface area contributed by atoms with Crippen LogP contribution in [0.1, 0.15) is 17.3 Å². The smallest absolute Gasteiger partial charge is 0.311 e. The molecule has 0 unspecified atom stereocenters. The molecule has 0 fully saturated rings. The van der Waals surface area contributed by atoms with Gasteiger partial charge in [-0.15, -0.1) is 0 Å². The number of nitrogens with one attached hydrogen (secondary N) is 2. The van der Waals surface area contributed by atoms with Crippen molar-refractivity contribution in [3.8, 4) is 23.0 Å². The molecule has 2 N–H and O–H groups in total. The first-order valence-electron chi connectivity index (χ1n) is 10.5. The van der Waals surface area contributed by atoms with Gasteiger partial charge in [0.2, 0.25) is 5.89 Å². The first-order chi connectivity index (χ1) is 16.9. The lowest BCUT2D eigenvalue weighted by molar-refractivity contribution is -0.385. The van der Waals surface area contributed by atoms with Crippen molar-refractivity contribution in [3.05, 3.63) is 76.3 Å². The van der Waals surface area contributed by atoms with Gasteiger partial charge in [-0.2, -0.15) is 0 Å². The maximum absolute atomic E-state index is 12.5. The molecule has 35 heavy (non-hydrogen) atoms. The molecule has 0 radical (unpaired) electrons. The number of hydrogen-bond acceptors (Lipinski definition) is 8. The number of nitro benzene ring substituents is 1. The third kappa shape index (κ3) is 5.36. The van der Waals surface area contributed by atoms with E-state index in [0.717, 1.165) is 17.4 Å². The number of nitro groups is 1. The van der Waals surface area contributed by atoms with E-state index in [-0.39, 0.29) is 22.1 Å². The van der Waals surface area contributed by atoms with E-state index in [1.165, 1.54) is 19.2 Å². The number of aromatic nitrogens is 1. The largest absolute Gasteiger partial charge is 0.494 e. The number of rotatable bonds is 7. The minimum atomic E-state index is -0.624. The third-order valence-electron chi connectivity index (χ3n) is 4.92. The number of carbonyl (C=O) groups excluding carboxylic acids is 1. The lowest BCUT2D eigenvalue weighted by Gasteiger charge is -2.10. The number of anilines is 1. The van der Waals surface area contributed by atoms with Crippen LogP contribution in [-0.2, 0) is 0 Å². The molecular formula is C24H20N4O6S. The molecular weight excluding hydrogens is 472 g/mol. The molecule has 10 nitrogen and oxygen atoms in total. The van der Waals surface area contributed by atoms with E-state index in [1.54, 1.807) is 18.2 Å². The molecule has 178 valence electrons. The summed E-state index contributed by atoms with van der Waals surface area (Å²) in [5, 5.41) is 16.6. The summed E-state index contributed by atoms with van der Waals surface area (Å²) in [6.07, 6.45) is 0. The van der Waals surface area contributed by atoms with E-state index in [1.807, 2.05) is 31.2 Å². The van der Waals surface area contributed by atoms with Crippen molar-refractivity contribution >= 4 is 45.7 Å². The molecule has 0 aliphatic carbocycles. The highest BCUT2D eigenvalue weighted by Gasteiger charge is 2.19. The number of hydrogen-bond donors (Lipinski definition) is 2. The van der Waals surface area contributed by atoms with Crippen molar-refractivity contribution in [1.29, 1.82) is 0 Å². The second-order valence-corrected chi connectivity index (χ2v) is 7.62. The van der Waals surface area contributed by atoms with Crippen LogP contribution >= 0.6 is 12.2 Å². The van der Waals surface area contributed by atoms with Crippen molar-refractivity contribution in [3.63, 3.8) is 0 Å². The number of amides is 1. The average Bonchev–Trinajstić information content (AvgIpc) is 3.27. The van der Waals surface area contributed by atoms with E-state index < -0.39 is 10.8 Å². The zero-order valence-electron chi connectivity index (χ0n) is 18.7. The number of fused-ring (bicyclic) bond motifs is 1. The lowest BCUT2D eigenvalue weighted by atomic mass is 10.1. The fraction of sp³-hybridized carbons (Fsp3) is 0.125. The second-order valence-electron chi connectivity index (χ2n) is 7.21. The Morgan fingerprint density at radius 1 is 1.14 bits per heavy atom. The van der Waals surface area contributed by atoms with Gasteiger partial charge in [-0.25, -0.2) is 4.98 Å². The summed E-state index contributed by atoms with van der Waals surface area (Å²) in [5.41, 5.74) is 2.30. The fourth-order valence-corrected chi connectivity index (χ4v) is 3.51. The van der Waals surface area contributed by atoms with Gasteiger partial charge < -0.3 is 19.2 Å². The van der Waals surface area contributed by atoms with E-state index in [0.29, 0.717) is 29.3 Å². The van der Waals surface area contributed by atoms with Crippen LogP contribution in [0.15, 0.2) is 65.1 Å². The molecule has 4 rings (SSSR count). The van der Waals surface area contributed by atoms with Crippen LogP contribution in [-0.4, -0.2) is 34.6 Å². The normalized spacial score (nSPS) is 10.6. The van der Waals surface area contributed by atoms with Crippen molar-refractivity contribution in [2.24, 2.45) is 0 Å². The van der Waals surface area contributed by atoms with Crippen molar-refractivity contribution < 1.29 is 23.6 Å². The van der Waals surface area contributed by atoms with Gasteiger partial charge in [-0.05, 0) is 73.7 Å². The average molecular weight is 493 g/mol. The van der Waals surface area contributed by atoms with Gasteiger partial charge in [-0.1, -0.05) is 0 Å². The topological polar surface area (TPSA) is 129 Å².